The van der Waals surface area contributed by atoms with E-state index in [-0.39, 0.29) is 36.8 Å². The van der Waals surface area contributed by atoms with Gasteiger partial charge in [-0.25, -0.2) is 13.2 Å². The van der Waals surface area contributed by atoms with Crippen LogP contribution in [0, 0.1) is 24.4 Å². The zero-order valence-corrected chi connectivity index (χ0v) is 16.4. The Bertz CT molecular complexity index is 1110. The maximum absolute atomic E-state index is 13.6. The molecule has 30 heavy (non-hydrogen) atoms. The quantitative estimate of drug-likeness (QED) is 0.574. The van der Waals surface area contributed by atoms with Crippen molar-refractivity contribution >= 4 is 11.6 Å². The van der Waals surface area contributed by atoms with Gasteiger partial charge < -0.3 is 19.7 Å². The summed E-state index contributed by atoms with van der Waals surface area (Å²) >= 11 is 0. The van der Waals surface area contributed by atoms with E-state index in [0.717, 1.165) is 17.7 Å². The van der Waals surface area contributed by atoms with Crippen LogP contribution >= 0.6 is 0 Å². The van der Waals surface area contributed by atoms with Crippen LogP contribution < -0.4 is 10.9 Å². The van der Waals surface area contributed by atoms with Gasteiger partial charge in [-0.3, -0.25) is 4.79 Å². The molecule has 0 saturated heterocycles. The second-order valence-electron chi connectivity index (χ2n) is 6.76. The van der Waals surface area contributed by atoms with E-state index in [1.807, 2.05) is 6.92 Å². The van der Waals surface area contributed by atoms with Gasteiger partial charge in [0.25, 0.3) is 5.56 Å². The van der Waals surface area contributed by atoms with Crippen LogP contribution in [0.15, 0.2) is 41.3 Å². The molecular formula is C21H20F3N3O3. The van der Waals surface area contributed by atoms with Crippen LogP contribution in [0.4, 0.5) is 24.8 Å². The summed E-state index contributed by atoms with van der Waals surface area (Å²) in [7, 11) is 1.42. The number of aliphatic hydroxyl groups is 1. The van der Waals surface area contributed by atoms with E-state index < -0.39 is 23.0 Å². The number of aliphatic hydroxyl groups excluding tert-OH is 1. The summed E-state index contributed by atoms with van der Waals surface area (Å²) in [4.78, 5) is 16.4. The molecule has 3 rings (SSSR count). The van der Waals surface area contributed by atoms with E-state index in [4.69, 9.17) is 4.74 Å². The van der Waals surface area contributed by atoms with Crippen molar-refractivity contribution in [1.82, 2.24) is 9.55 Å². The topological polar surface area (TPSA) is 76.4 Å². The highest BCUT2D eigenvalue weighted by atomic mass is 19.2. The van der Waals surface area contributed by atoms with E-state index in [1.54, 1.807) is 18.2 Å². The van der Waals surface area contributed by atoms with Crippen LogP contribution in [0.1, 0.15) is 22.3 Å². The number of hydrogen-bond donors (Lipinski definition) is 2. The lowest BCUT2D eigenvalue weighted by atomic mass is 10.1. The standard InChI is InChI=1S/C21H20F3N3O3/c1-12-3-4-13(10-28)7-18(12)25-21-26-20(29)15(11-30-2)9-27(21)8-14-5-16(22)19(24)17(23)6-14/h3-7,9,28H,8,10-11H2,1-2H3,(H,25,26,29). The van der Waals surface area contributed by atoms with Crippen molar-refractivity contribution in [2.75, 3.05) is 12.4 Å². The number of ether oxygens (including phenoxy) is 1. The Labute approximate surface area is 170 Å². The SMILES string of the molecule is COCc1cn(Cc2cc(F)c(F)c(F)c2)c(Nc2cc(CO)ccc2C)nc1=O. The molecule has 6 nitrogen and oxygen atoms in total. The Morgan fingerprint density at radius 1 is 1.13 bits per heavy atom. The fourth-order valence-corrected chi connectivity index (χ4v) is 2.93. The second-order valence-corrected chi connectivity index (χ2v) is 6.76. The van der Waals surface area contributed by atoms with Crippen LogP contribution in [0.5, 0.6) is 0 Å². The average Bonchev–Trinajstić information content (AvgIpc) is 2.71. The Balaban J connectivity index is 2.06. The molecule has 2 N–H and O–H groups in total. The Kier molecular flexibility index (Phi) is 6.53. The fourth-order valence-electron chi connectivity index (χ4n) is 2.93. The van der Waals surface area contributed by atoms with Crippen LogP contribution in [0.2, 0.25) is 0 Å². The first kappa shape index (κ1) is 21.5. The molecule has 0 spiro atoms. The molecule has 0 fully saturated rings. The molecule has 0 aliphatic carbocycles. The number of nitrogens with one attached hydrogen (secondary N) is 1. The lowest BCUT2D eigenvalue weighted by Crippen LogP contribution is -2.21. The first-order valence-corrected chi connectivity index (χ1v) is 9.02. The molecule has 0 unspecified atom stereocenters. The van der Waals surface area contributed by atoms with Gasteiger partial charge in [0.2, 0.25) is 5.95 Å². The van der Waals surface area contributed by atoms with E-state index in [1.165, 1.54) is 17.9 Å². The highest BCUT2D eigenvalue weighted by Crippen LogP contribution is 2.22. The highest BCUT2D eigenvalue weighted by molar-refractivity contribution is 5.59. The van der Waals surface area contributed by atoms with E-state index in [2.05, 4.69) is 10.3 Å². The summed E-state index contributed by atoms with van der Waals surface area (Å²) in [6, 6.07) is 7.01. The van der Waals surface area contributed by atoms with Gasteiger partial charge in [-0.1, -0.05) is 12.1 Å². The van der Waals surface area contributed by atoms with Gasteiger partial charge in [0.15, 0.2) is 17.5 Å². The van der Waals surface area contributed by atoms with Crippen molar-refractivity contribution in [3.63, 3.8) is 0 Å². The monoisotopic (exact) mass is 419 g/mol. The molecule has 0 aliphatic rings. The second kappa shape index (κ2) is 9.10. The summed E-state index contributed by atoms with van der Waals surface area (Å²) in [6.07, 6.45) is 1.46. The summed E-state index contributed by atoms with van der Waals surface area (Å²) in [6.45, 7) is 1.57. The molecular weight excluding hydrogens is 399 g/mol. The third-order valence-corrected chi connectivity index (χ3v) is 4.49. The van der Waals surface area contributed by atoms with Gasteiger partial charge in [-0.15, -0.1) is 0 Å². The number of hydrogen-bond acceptors (Lipinski definition) is 5. The minimum absolute atomic E-state index is 0.00270. The molecule has 3 aromatic rings. The number of anilines is 2. The van der Waals surface area contributed by atoms with Crippen LogP contribution in [0.3, 0.4) is 0 Å². The summed E-state index contributed by atoms with van der Waals surface area (Å²) in [5.41, 5.74) is 1.93. The first-order chi connectivity index (χ1) is 14.3. The molecule has 158 valence electrons. The van der Waals surface area contributed by atoms with E-state index in [0.29, 0.717) is 11.3 Å². The predicted molar refractivity (Wildman–Crippen MR) is 105 cm³/mol. The minimum atomic E-state index is -1.55. The summed E-state index contributed by atoms with van der Waals surface area (Å²) in [5.74, 6) is -4.05. The maximum Gasteiger partial charge on any atom is 0.279 e. The van der Waals surface area contributed by atoms with Gasteiger partial charge >= 0.3 is 0 Å². The largest absolute Gasteiger partial charge is 0.392 e. The fraction of sp³-hybridized carbons (Fsp3) is 0.238. The van der Waals surface area contributed by atoms with Crippen molar-refractivity contribution in [3.8, 4) is 0 Å². The van der Waals surface area contributed by atoms with E-state index >= 15 is 0 Å². The number of rotatable bonds is 7. The number of nitrogens with zero attached hydrogens (tertiary/aromatic N) is 2. The van der Waals surface area contributed by atoms with Crippen molar-refractivity contribution in [2.24, 2.45) is 0 Å². The predicted octanol–water partition coefficient (Wildman–Crippen LogP) is 3.40. The zero-order chi connectivity index (χ0) is 21.8. The highest BCUT2D eigenvalue weighted by Gasteiger charge is 2.14. The van der Waals surface area contributed by atoms with Gasteiger partial charge in [0.05, 0.1) is 25.3 Å². The Morgan fingerprint density at radius 3 is 2.47 bits per heavy atom. The number of benzene rings is 2. The van der Waals surface area contributed by atoms with Crippen molar-refractivity contribution in [2.45, 2.75) is 26.7 Å². The Hall–Kier alpha value is -3.17. The van der Waals surface area contributed by atoms with Gasteiger partial charge in [0.1, 0.15) is 0 Å². The zero-order valence-electron chi connectivity index (χ0n) is 16.4. The van der Waals surface area contributed by atoms with Crippen molar-refractivity contribution in [1.29, 1.82) is 0 Å². The van der Waals surface area contributed by atoms with Gasteiger partial charge in [0, 0.05) is 19.0 Å². The first-order valence-electron chi connectivity index (χ1n) is 9.02. The van der Waals surface area contributed by atoms with Crippen LogP contribution in [-0.4, -0.2) is 21.8 Å². The molecule has 0 bridgehead atoms. The lowest BCUT2D eigenvalue weighted by molar-refractivity contribution is 0.183. The molecule has 0 aliphatic heterocycles. The van der Waals surface area contributed by atoms with Crippen LogP contribution in [0.25, 0.3) is 0 Å². The molecule has 1 aromatic heterocycles. The molecule has 0 saturated carbocycles. The molecule has 9 heteroatoms. The van der Waals surface area contributed by atoms with Gasteiger partial charge in [-0.05, 0) is 41.8 Å². The number of aryl methyl sites for hydroxylation is 1. The summed E-state index contributed by atoms with van der Waals surface area (Å²) in [5, 5.41) is 12.4. The third-order valence-electron chi connectivity index (χ3n) is 4.49. The maximum atomic E-state index is 13.6. The lowest BCUT2D eigenvalue weighted by Gasteiger charge is -2.17. The van der Waals surface area contributed by atoms with Crippen LogP contribution in [-0.2, 0) is 24.5 Å². The molecule has 2 aromatic carbocycles. The molecule has 0 radical (unpaired) electrons. The van der Waals surface area contributed by atoms with Gasteiger partial charge in [-0.2, -0.15) is 4.98 Å². The number of aromatic nitrogens is 2. The Morgan fingerprint density at radius 2 is 1.83 bits per heavy atom. The molecule has 0 amide bonds. The van der Waals surface area contributed by atoms with Crippen molar-refractivity contribution < 1.29 is 23.0 Å². The number of halogens is 3. The smallest absolute Gasteiger partial charge is 0.279 e. The average molecular weight is 419 g/mol. The minimum Gasteiger partial charge on any atom is -0.392 e. The molecule has 1 heterocycles. The normalized spacial score (nSPS) is 11.0. The van der Waals surface area contributed by atoms with E-state index in [9.17, 15) is 23.1 Å². The molecule has 0 atom stereocenters. The van der Waals surface area contributed by atoms with Crippen molar-refractivity contribution in [3.05, 3.63) is 86.6 Å². The third kappa shape index (κ3) is 4.69. The number of methoxy groups -OCH3 is 1. The summed E-state index contributed by atoms with van der Waals surface area (Å²) < 4.78 is 47.1.